The van der Waals surface area contributed by atoms with Crippen molar-refractivity contribution in [3.63, 3.8) is 0 Å². The zero-order valence-electron chi connectivity index (χ0n) is 20.0. The molecule has 3 aromatic rings. The average molecular weight is 564 g/mol. The number of sulfonamides is 2. The van der Waals surface area contributed by atoms with E-state index in [4.69, 9.17) is 16.3 Å². The average Bonchev–Trinajstić information content (AvgIpc) is 2.88. The van der Waals surface area contributed by atoms with E-state index < -0.39 is 26.0 Å². The van der Waals surface area contributed by atoms with E-state index in [0.29, 0.717) is 53.8 Å². The number of nitrogens with zero attached hydrogens (tertiary/aromatic N) is 2. The topological polar surface area (TPSA) is 113 Å². The second kappa shape index (κ2) is 11.2. The van der Waals surface area contributed by atoms with Gasteiger partial charge in [-0.1, -0.05) is 29.8 Å². The van der Waals surface area contributed by atoms with Crippen molar-refractivity contribution >= 4 is 48.9 Å². The van der Waals surface area contributed by atoms with Gasteiger partial charge in [0.15, 0.2) is 0 Å². The van der Waals surface area contributed by atoms with Gasteiger partial charge in [0.05, 0.1) is 36.6 Å². The summed E-state index contributed by atoms with van der Waals surface area (Å²) in [6, 6.07) is 19.1. The second-order valence-corrected chi connectivity index (χ2v) is 12.7. The van der Waals surface area contributed by atoms with Gasteiger partial charge in [0, 0.05) is 29.4 Å². The number of morpholine rings is 1. The first-order valence-corrected chi connectivity index (χ1v) is 15.0. The molecule has 1 aliphatic rings. The van der Waals surface area contributed by atoms with Crippen LogP contribution in [0.3, 0.4) is 0 Å². The van der Waals surface area contributed by atoms with Gasteiger partial charge < -0.3 is 10.1 Å². The lowest BCUT2D eigenvalue weighted by atomic mass is 10.1. The predicted molar refractivity (Wildman–Crippen MR) is 143 cm³/mol. The van der Waals surface area contributed by atoms with Gasteiger partial charge in [-0.25, -0.2) is 16.8 Å². The molecule has 12 heteroatoms. The minimum Gasteiger partial charge on any atom is -0.379 e. The lowest BCUT2D eigenvalue weighted by molar-refractivity contribution is 0.0730. The van der Waals surface area contributed by atoms with E-state index in [2.05, 4.69) is 5.32 Å². The third kappa shape index (κ3) is 6.49. The van der Waals surface area contributed by atoms with Crippen molar-refractivity contribution < 1.29 is 26.4 Å². The zero-order chi connectivity index (χ0) is 26.6. The maximum Gasteiger partial charge on any atom is 0.255 e. The molecule has 0 spiro atoms. The third-order valence-electron chi connectivity index (χ3n) is 5.81. The number of nitrogens with one attached hydrogen (secondary N) is 1. The Bertz CT molecular complexity index is 1470. The van der Waals surface area contributed by atoms with Crippen LogP contribution in [-0.2, 0) is 31.3 Å². The molecule has 196 valence electrons. The summed E-state index contributed by atoms with van der Waals surface area (Å²) in [7, 11) is -7.26. The number of ether oxygens (including phenoxy) is 1. The quantitative estimate of drug-likeness (QED) is 0.448. The van der Waals surface area contributed by atoms with E-state index in [1.54, 1.807) is 36.4 Å². The molecule has 1 aliphatic heterocycles. The molecule has 0 aliphatic carbocycles. The minimum absolute atomic E-state index is 0.0454. The summed E-state index contributed by atoms with van der Waals surface area (Å²) >= 11 is 6.21. The summed E-state index contributed by atoms with van der Waals surface area (Å²) in [6.07, 6.45) is 1.10. The van der Waals surface area contributed by atoms with Crippen molar-refractivity contribution in [2.45, 2.75) is 11.4 Å². The van der Waals surface area contributed by atoms with Gasteiger partial charge in [0.1, 0.15) is 0 Å². The lowest BCUT2D eigenvalue weighted by Gasteiger charge is -2.26. The number of benzene rings is 3. The summed E-state index contributed by atoms with van der Waals surface area (Å²) < 4.78 is 58.2. The number of halogens is 1. The summed E-state index contributed by atoms with van der Waals surface area (Å²) in [5, 5.41) is 3.18. The number of carbonyl (C=O) groups is 1. The second-order valence-electron chi connectivity index (χ2n) is 8.40. The highest BCUT2D eigenvalue weighted by Gasteiger charge is 2.26. The van der Waals surface area contributed by atoms with Crippen LogP contribution in [0.25, 0.3) is 0 Å². The number of hydrogen-bond acceptors (Lipinski definition) is 6. The van der Waals surface area contributed by atoms with Crippen LogP contribution in [0.5, 0.6) is 0 Å². The van der Waals surface area contributed by atoms with E-state index in [9.17, 15) is 21.6 Å². The smallest absolute Gasteiger partial charge is 0.255 e. The highest BCUT2D eigenvalue weighted by atomic mass is 35.5. The Balaban J connectivity index is 1.46. The van der Waals surface area contributed by atoms with Gasteiger partial charge in [-0.05, 0) is 60.2 Å². The van der Waals surface area contributed by atoms with Gasteiger partial charge in [-0.3, -0.25) is 9.10 Å². The molecule has 37 heavy (non-hydrogen) atoms. The van der Waals surface area contributed by atoms with Crippen LogP contribution >= 0.6 is 11.6 Å². The maximum absolute atomic E-state index is 12.8. The molecule has 0 radical (unpaired) electrons. The first kappa shape index (κ1) is 27.1. The van der Waals surface area contributed by atoms with Crippen LogP contribution in [0.2, 0.25) is 5.02 Å². The summed E-state index contributed by atoms with van der Waals surface area (Å²) in [5.41, 5.74) is 1.76. The van der Waals surface area contributed by atoms with Crippen LogP contribution in [0, 0.1) is 0 Å². The Morgan fingerprint density at radius 1 is 0.946 bits per heavy atom. The highest BCUT2D eigenvalue weighted by molar-refractivity contribution is 7.92. The lowest BCUT2D eigenvalue weighted by Crippen LogP contribution is -2.40. The highest BCUT2D eigenvalue weighted by Crippen LogP contribution is 2.25. The molecule has 0 atom stereocenters. The summed E-state index contributed by atoms with van der Waals surface area (Å²) in [5.74, 6) is -0.424. The van der Waals surface area contributed by atoms with E-state index >= 15 is 0 Å². The molecule has 1 heterocycles. The van der Waals surface area contributed by atoms with Crippen LogP contribution in [0.4, 0.5) is 11.4 Å². The molecule has 0 bridgehead atoms. The normalized spacial score (nSPS) is 14.8. The number of rotatable bonds is 8. The first-order chi connectivity index (χ1) is 17.6. The van der Waals surface area contributed by atoms with Crippen LogP contribution in [0.15, 0.2) is 77.7 Å². The van der Waals surface area contributed by atoms with E-state index in [1.165, 1.54) is 45.0 Å². The van der Waals surface area contributed by atoms with Crippen molar-refractivity contribution in [2.24, 2.45) is 0 Å². The molecule has 4 rings (SSSR count). The van der Waals surface area contributed by atoms with Crippen LogP contribution < -0.4 is 9.62 Å². The van der Waals surface area contributed by atoms with Crippen molar-refractivity contribution in [1.29, 1.82) is 0 Å². The third-order valence-corrected chi connectivity index (χ3v) is 9.23. The first-order valence-electron chi connectivity index (χ1n) is 11.4. The monoisotopic (exact) mass is 563 g/mol. The molecule has 9 nitrogen and oxygen atoms in total. The number of carbonyl (C=O) groups excluding carboxylic acids is 1. The molecule has 1 amide bonds. The van der Waals surface area contributed by atoms with Gasteiger partial charge in [0.25, 0.3) is 5.91 Å². The zero-order valence-corrected chi connectivity index (χ0v) is 22.4. The number of hydrogen-bond donors (Lipinski definition) is 1. The molecule has 1 saturated heterocycles. The fourth-order valence-electron chi connectivity index (χ4n) is 3.81. The van der Waals surface area contributed by atoms with Crippen molar-refractivity contribution in [1.82, 2.24) is 4.31 Å². The van der Waals surface area contributed by atoms with Crippen LogP contribution in [-0.4, -0.2) is 59.6 Å². The molecule has 1 N–H and O–H groups in total. The molecule has 0 saturated carbocycles. The Morgan fingerprint density at radius 2 is 1.57 bits per heavy atom. The predicted octanol–water partition coefficient (Wildman–Crippen LogP) is 3.58. The Morgan fingerprint density at radius 3 is 2.16 bits per heavy atom. The molecule has 0 aromatic heterocycles. The van der Waals surface area contributed by atoms with E-state index in [-0.39, 0.29) is 11.4 Å². The Labute approximate surface area is 221 Å². The van der Waals surface area contributed by atoms with Crippen molar-refractivity contribution in [3.8, 4) is 0 Å². The fraction of sp³-hybridized carbons (Fsp3) is 0.240. The Hall–Kier alpha value is -2.96. The molecule has 0 unspecified atom stereocenters. The summed E-state index contributed by atoms with van der Waals surface area (Å²) in [6.45, 7) is 1.35. The van der Waals surface area contributed by atoms with Gasteiger partial charge in [-0.2, -0.15) is 4.31 Å². The SMILES string of the molecule is CS(=O)(=O)N(Cc1ccccc1Cl)c1ccc(C(=O)Nc2ccc(S(=O)(=O)N3CCOCC3)cc2)cc1. The number of anilines is 2. The van der Waals surface area contributed by atoms with E-state index in [0.717, 1.165) is 6.26 Å². The molecule has 3 aromatic carbocycles. The molecular formula is C25H26ClN3O6S2. The Kier molecular flexibility index (Phi) is 8.20. The van der Waals surface area contributed by atoms with Crippen molar-refractivity contribution in [3.05, 3.63) is 88.9 Å². The van der Waals surface area contributed by atoms with Gasteiger partial charge >= 0.3 is 0 Å². The number of amides is 1. The van der Waals surface area contributed by atoms with E-state index in [1.807, 2.05) is 0 Å². The summed E-state index contributed by atoms with van der Waals surface area (Å²) in [4.78, 5) is 12.9. The van der Waals surface area contributed by atoms with Gasteiger partial charge in [0.2, 0.25) is 20.0 Å². The van der Waals surface area contributed by atoms with Crippen LogP contribution in [0.1, 0.15) is 15.9 Å². The minimum atomic E-state index is -3.63. The van der Waals surface area contributed by atoms with Crippen molar-refractivity contribution in [2.75, 3.05) is 42.2 Å². The maximum atomic E-state index is 12.8. The molecular weight excluding hydrogens is 538 g/mol. The fourth-order valence-corrected chi connectivity index (χ4v) is 6.29. The standard InChI is InChI=1S/C25H26ClN3O6S2/c1-36(31,32)29(18-20-4-2-3-5-24(20)26)22-10-6-19(7-11-22)25(30)27-21-8-12-23(13-9-21)37(33,34)28-14-16-35-17-15-28/h2-13H,14-18H2,1H3,(H,27,30). The largest absolute Gasteiger partial charge is 0.379 e. The molecule has 1 fully saturated rings. The van der Waals surface area contributed by atoms with Gasteiger partial charge in [-0.15, -0.1) is 0 Å².